The number of carbonyl (C=O) groups excluding carboxylic acids is 2. The van der Waals surface area contributed by atoms with Gasteiger partial charge in [0.2, 0.25) is 0 Å². The van der Waals surface area contributed by atoms with Crippen LogP contribution in [0.15, 0.2) is 42.5 Å². The minimum absolute atomic E-state index is 0.323. The van der Waals surface area contributed by atoms with Gasteiger partial charge in [-0.05, 0) is 36.8 Å². The van der Waals surface area contributed by atoms with Gasteiger partial charge in [0, 0.05) is 11.3 Å². The zero-order chi connectivity index (χ0) is 16.1. The molecule has 0 heterocycles. The van der Waals surface area contributed by atoms with Crippen molar-refractivity contribution in [3.63, 3.8) is 0 Å². The molecule has 2 aromatic rings. The summed E-state index contributed by atoms with van der Waals surface area (Å²) in [4.78, 5) is 23.6. The molecule has 3 N–H and O–H groups in total. The molecule has 0 saturated heterocycles. The molecule has 7 heteroatoms. The molecule has 0 aromatic heterocycles. The minimum Gasteiger partial charge on any atom is -0.307 e. The van der Waals surface area contributed by atoms with E-state index in [4.69, 9.17) is 23.2 Å². The molecule has 22 heavy (non-hydrogen) atoms. The van der Waals surface area contributed by atoms with Crippen molar-refractivity contribution in [2.24, 2.45) is 0 Å². The summed E-state index contributed by atoms with van der Waals surface area (Å²) in [7, 11) is 0. The first-order valence-corrected chi connectivity index (χ1v) is 7.11. The number of amides is 3. The van der Waals surface area contributed by atoms with Gasteiger partial charge in [0.15, 0.2) is 0 Å². The highest BCUT2D eigenvalue weighted by Crippen LogP contribution is 2.24. The van der Waals surface area contributed by atoms with Crippen molar-refractivity contribution in [1.82, 2.24) is 10.9 Å². The monoisotopic (exact) mass is 337 g/mol. The molecule has 0 fully saturated rings. The maximum absolute atomic E-state index is 11.9. The van der Waals surface area contributed by atoms with Crippen LogP contribution in [0.25, 0.3) is 0 Å². The molecule has 0 aliphatic carbocycles. The number of nitrogens with one attached hydrogen (secondary N) is 3. The normalized spacial score (nSPS) is 9.95. The van der Waals surface area contributed by atoms with Crippen molar-refractivity contribution < 1.29 is 9.59 Å². The third-order valence-electron chi connectivity index (χ3n) is 2.86. The second-order valence-corrected chi connectivity index (χ2v) is 5.29. The first-order valence-electron chi connectivity index (χ1n) is 6.35. The Balaban J connectivity index is 1.91. The summed E-state index contributed by atoms with van der Waals surface area (Å²) in [6.45, 7) is 1.81. The molecule has 0 saturated carbocycles. The van der Waals surface area contributed by atoms with Crippen molar-refractivity contribution in [3.8, 4) is 0 Å². The molecule has 0 aliphatic heterocycles. The van der Waals surface area contributed by atoms with Gasteiger partial charge >= 0.3 is 6.03 Å². The number of anilines is 1. The summed E-state index contributed by atoms with van der Waals surface area (Å²) in [6.07, 6.45) is 0. The Hall–Kier alpha value is -2.24. The number of hydrazine groups is 1. The number of benzene rings is 2. The van der Waals surface area contributed by atoms with E-state index in [0.717, 1.165) is 5.56 Å². The van der Waals surface area contributed by atoms with Crippen LogP contribution < -0.4 is 16.2 Å². The zero-order valence-electron chi connectivity index (χ0n) is 11.6. The van der Waals surface area contributed by atoms with Crippen LogP contribution in [0.3, 0.4) is 0 Å². The molecule has 114 valence electrons. The van der Waals surface area contributed by atoms with Crippen LogP contribution in [-0.4, -0.2) is 11.9 Å². The molecular weight excluding hydrogens is 325 g/mol. The first kappa shape index (κ1) is 16.1. The molecule has 2 rings (SSSR count). The Kier molecular flexibility index (Phi) is 5.25. The summed E-state index contributed by atoms with van der Waals surface area (Å²) in [5.74, 6) is -0.401. The Morgan fingerprint density at radius 2 is 1.68 bits per heavy atom. The molecule has 0 spiro atoms. The van der Waals surface area contributed by atoms with Crippen molar-refractivity contribution >= 4 is 40.8 Å². The fourth-order valence-corrected chi connectivity index (χ4v) is 2.04. The van der Waals surface area contributed by atoms with Gasteiger partial charge < -0.3 is 5.32 Å². The number of halogens is 2. The molecule has 0 unspecified atom stereocenters. The summed E-state index contributed by atoms with van der Waals surface area (Å²) >= 11 is 11.6. The average Bonchev–Trinajstić information content (AvgIpc) is 2.49. The number of carbonyl (C=O) groups is 2. The standard InChI is InChI=1S/C15H13Cl2N3O2/c1-9-4-2-3-5-11(9)14(21)19-20-15(22)18-10-6-7-12(16)13(17)8-10/h2-8H,1H3,(H,19,21)(H2,18,20,22). The third-order valence-corrected chi connectivity index (χ3v) is 3.60. The summed E-state index contributed by atoms with van der Waals surface area (Å²) in [6, 6.07) is 11.1. The predicted molar refractivity (Wildman–Crippen MR) is 87.3 cm³/mol. The van der Waals surface area contributed by atoms with Crippen LogP contribution in [0.5, 0.6) is 0 Å². The van der Waals surface area contributed by atoms with Crippen LogP contribution >= 0.6 is 23.2 Å². The van der Waals surface area contributed by atoms with Crippen LogP contribution in [0, 0.1) is 6.92 Å². The molecule has 0 radical (unpaired) electrons. The van der Waals surface area contributed by atoms with Gasteiger partial charge in [-0.2, -0.15) is 0 Å². The summed E-state index contributed by atoms with van der Waals surface area (Å²) < 4.78 is 0. The maximum Gasteiger partial charge on any atom is 0.337 e. The van der Waals surface area contributed by atoms with Gasteiger partial charge in [0.05, 0.1) is 10.0 Å². The topological polar surface area (TPSA) is 70.2 Å². The van der Waals surface area contributed by atoms with Crippen molar-refractivity contribution in [2.75, 3.05) is 5.32 Å². The maximum atomic E-state index is 11.9. The zero-order valence-corrected chi connectivity index (χ0v) is 13.1. The molecule has 5 nitrogen and oxygen atoms in total. The van der Waals surface area contributed by atoms with E-state index in [0.29, 0.717) is 21.3 Å². The van der Waals surface area contributed by atoms with Gasteiger partial charge in [-0.15, -0.1) is 0 Å². The van der Waals surface area contributed by atoms with Crippen molar-refractivity contribution in [2.45, 2.75) is 6.92 Å². The van der Waals surface area contributed by atoms with Crippen LogP contribution in [0.1, 0.15) is 15.9 Å². The van der Waals surface area contributed by atoms with E-state index in [1.54, 1.807) is 24.3 Å². The van der Waals surface area contributed by atoms with E-state index >= 15 is 0 Å². The smallest absolute Gasteiger partial charge is 0.307 e. The summed E-state index contributed by atoms with van der Waals surface area (Å²) in [5.41, 5.74) is 6.34. The lowest BCUT2D eigenvalue weighted by Crippen LogP contribution is -2.44. The lowest BCUT2D eigenvalue weighted by molar-refractivity contribution is 0.0937. The van der Waals surface area contributed by atoms with E-state index in [9.17, 15) is 9.59 Å². The van der Waals surface area contributed by atoms with Crippen molar-refractivity contribution in [3.05, 3.63) is 63.6 Å². The molecule has 0 bridgehead atoms. The van der Waals surface area contributed by atoms with Gasteiger partial charge in [-0.25, -0.2) is 10.2 Å². The van der Waals surface area contributed by atoms with E-state index in [1.807, 2.05) is 19.1 Å². The molecule has 2 aromatic carbocycles. The molecule has 3 amide bonds. The molecular formula is C15H13Cl2N3O2. The molecule has 0 aliphatic rings. The SMILES string of the molecule is Cc1ccccc1C(=O)NNC(=O)Nc1ccc(Cl)c(Cl)c1. The van der Waals surface area contributed by atoms with Crippen LogP contribution in [0.2, 0.25) is 10.0 Å². The van der Waals surface area contributed by atoms with E-state index in [2.05, 4.69) is 16.2 Å². The lowest BCUT2D eigenvalue weighted by atomic mass is 10.1. The van der Waals surface area contributed by atoms with E-state index in [-0.39, 0.29) is 0 Å². The second-order valence-electron chi connectivity index (χ2n) is 4.48. The Labute approximate surface area is 137 Å². The first-order chi connectivity index (χ1) is 10.5. The fraction of sp³-hybridized carbons (Fsp3) is 0.0667. The quantitative estimate of drug-likeness (QED) is 0.730. The summed E-state index contributed by atoms with van der Waals surface area (Å²) in [5, 5.41) is 3.24. The van der Waals surface area contributed by atoms with Gasteiger partial charge in [-0.3, -0.25) is 10.2 Å². The third kappa shape index (κ3) is 4.13. The van der Waals surface area contributed by atoms with Gasteiger partial charge in [0.25, 0.3) is 5.91 Å². The number of hydrogen-bond acceptors (Lipinski definition) is 2. The number of rotatable bonds is 2. The van der Waals surface area contributed by atoms with E-state index < -0.39 is 11.9 Å². The Bertz CT molecular complexity index is 720. The Morgan fingerprint density at radius 3 is 2.36 bits per heavy atom. The number of hydrogen-bond donors (Lipinski definition) is 3. The van der Waals surface area contributed by atoms with Crippen molar-refractivity contribution in [1.29, 1.82) is 0 Å². The predicted octanol–water partition coefficient (Wildman–Crippen LogP) is 3.77. The second kappa shape index (κ2) is 7.15. The largest absolute Gasteiger partial charge is 0.337 e. The number of aryl methyl sites for hydroxylation is 1. The van der Waals surface area contributed by atoms with Crippen LogP contribution in [-0.2, 0) is 0 Å². The van der Waals surface area contributed by atoms with Crippen LogP contribution in [0.4, 0.5) is 10.5 Å². The number of urea groups is 1. The highest BCUT2D eigenvalue weighted by molar-refractivity contribution is 6.42. The Morgan fingerprint density at radius 1 is 0.955 bits per heavy atom. The minimum atomic E-state index is -0.597. The highest BCUT2D eigenvalue weighted by atomic mass is 35.5. The van der Waals surface area contributed by atoms with Gasteiger partial charge in [-0.1, -0.05) is 41.4 Å². The molecule has 0 atom stereocenters. The average molecular weight is 338 g/mol. The fourth-order valence-electron chi connectivity index (χ4n) is 1.74. The van der Waals surface area contributed by atoms with Gasteiger partial charge in [0.1, 0.15) is 0 Å². The lowest BCUT2D eigenvalue weighted by Gasteiger charge is -2.10. The highest BCUT2D eigenvalue weighted by Gasteiger charge is 2.09. The van der Waals surface area contributed by atoms with E-state index in [1.165, 1.54) is 6.07 Å².